The van der Waals surface area contributed by atoms with Crippen molar-refractivity contribution in [1.82, 2.24) is 0 Å². The molecule has 1 aliphatic carbocycles. The smallest absolute Gasteiger partial charge is 0.00141 e. The highest BCUT2D eigenvalue weighted by Gasteiger charge is 2.12. The zero-order valence-corrected chi connectivity index (χ0v) is 9.32. The molecule has 0 nitrogen and oxygen atoms in total. The van der Waals surface area contributed by atoms with Gasteiger partial charge >= 0.3 is 0 Å². The Hall–Kier alpha value is -0.300. The molecular formula is C11H15Br. The summed E-state index contributed by atoms with van der Waals surface area (Å²) in [4.78, 5) is 0. The van der Waals surface area contributed by atoms with Gasteiger partial charge in [-0.25, -0.2) is 0 Å². The highest BCUT2D eigenvalue weighted by Crippen LogP contribution is 2.31. The fourth-order valence-corrected chi connectivity index (χ4v) is 1.82. The van der Waals surface area contributed by atoms with Gasteiger partial charge in [0.15, 0.2) is 0 Å². The minimum atomic E-state index is 0.657. The molecule has 0 fully saturated rings. The molecule has 0 amide bonds. The molecule has 1 unspecified atom stereocenters. The Labute approximate surface area is 83.2 Å². The van der Waals surface area contributed by atoms with E-state index in [1.54, 1.807) is 0 Å². The fourth-order valence-electron chi connectivity index (χ4n) is 1.40. The van der Waals surface area contributed by atoms with Gasteiger partial charge in [-0.15, -0.1) is 0 Å². The first-order valence-electron chi connectivity index (χ1n) is 4.40. The lowest BCUT2D eigenvalue weighted by Crippen LogP contribution is -2.02. The van der Waals surface area contributed by atoms with Crippen LogP contribution in [0.5, 0.6) is 0 Å². The Balaban J connectivity index is 2.93. The fraction of sp³-hybridized carbons (Fsp3) is 0.455. The van der Waals surface area contributed by atoms with Crippen LogP contribution in [0.2, 0.25) is 0 Å². The second kappa shape index (κ2) is 4.08. The molecule has 0 N–H and O–H groups in total. The lowest BCUT2D eigenvalue weighted by molar-refractivity contribution is 0.706. The predicted molar refractivity (Wildman–Crippen MR) is 58.3 cm³/mol. The quantitative estimate of drug-likeness (QED) is 0.629. The van der Waals surface area contributed by atoms with E-state index in [0.29, 0.717) is 5.92 Å². The largest absolute Gasteiger partial charge is 0.0915 e. The topological polar surface area (TPSA) is 0 Å². The summed E-state index contributed by atoms with van der Waals surface area (Å²) in [5.41, 5.74) is 2.56. The lowest BCUT2D eigenvalue weighted by Gasteiger charge is -2.18. The van der Waals surface area contributed by atoms with Gasteiger partial charge in [-0.3, -0.25) is 0 Å². The summed E-state index contributed by atoms with van der Waals surface area (Å²) in [6.07, 6.45) is 6.54. The second-order valence-electron chi connectivity index (χ2n) is 3.30. The third-order valence-electron chi connectivity index (χ3n) is 2.18. The first-order valence-corrected chi connectivity index (χ1v) is 5.19. The number of allylic oxidation sites excluding steroid dienone is 5. The average molecular weight is 227 g/mol. The van der Waals surface area contributed by atoms with E-state index in [9.17, 15) is 0 Å². The van der Waals surface area contributed by atoms with Gasteiger partial charge in [0.2, 0.25) is 0 Å². The molecule has 0 radical (unpaired) electrons. The molecule has 1 heteroatoms. The summed E-state index contributed by atoms with van der Waals surface area (Å²) in [5, 5.41) is 0. The number of halogens is 1. The van der Waals surface area contributed by atoms with E-state index < -0.39 is 0 Å². The maximum atomic E-state index is 4.02. The van der Waals surface area contributed by atoms with Crippen molar-refractivity contribution in [3.05, 3.63) is 34.4 Å². The monoisotopic (exact) mass is 226 g/mol. The molecule has 0 spiro atoms. The van der Waals surface area contributed by atoms with Gasteiger partial charge in [-0.05, 0) is 34.4 Å². The van der Waals surface area contributed by atoms with E-state index in [-0.39, 0.29) is 0 Å². The molecule has 66 valence electrons. The maximum absolute atomic E-state index is 4.02. The van der Waals surface area contributed by atoms with Crippen molar-refractivity contribution in [2.45, 2.75) is 26.7 Å². The first kappa shape index (κ1) is 9.79. The molecule has 0 saturated carbocycles. The van der Waals surface area contributed by atoms with Crippen LogP contribution in [0.4, 0.5) is 0 Å². The van der Waals surface area contributed by atoms with Crippen molar-refractivity contribution in [2.24, 2.45) is 5.92 Å². The molecule has 0 saturated heterocycles. The van der Waals surface area contributed by atoms with Crippen LogP contribution < -0.4 is 0 Å². The van der Waals surface area contributed by atoms with Crippen LogP contribution in [-0.2, 0) is 0 Å². The third kappa shape index (κ3) is 2.10. The molecule has 0 heterocycles. The highest BCUT2D eigenvalue weighted by molar-refractivity contribution is 9.11. The van der Waals surface area contributed by atoms with Gasteiger partial charge in [0, 0.05) is 0 Å². The SMILES string of the molecule is C=C1C=CC(C)C/C1=C(\Br)CC. The molecule has 1 rings (SSSR count). The van der Waals surface area contributed by atoms with E-state index in [1.165, 1.54) is 15.6 Å². The lowest BCUT2D eigenvalue weighted by atomic mass is 9.89. The van der Waals surface area contributed by atoms with Crippen molar-refractivity contribution in [1.29, 1.82) is 0 Å². The highest BCUT2D eigenvalue weighted by atomic mass is 79.9. The molecule has 1 atom stereocenters. The summed E-state index contributed by atoms with van der Waals surface area (Å²) < 4.78 is 1.31. The van der Waals surface area contributed by atoms with E-state index in [2.05, 4.69) is 48.5 Å². The molecule has 0 aromatic heterocycles. The van der Waals surface area contributed by atoms with Crippen LogP contribution in [0.15, 0.2) is 34.4 Å². The van der Waals surface area contributed by atoms with Gasteiger partial charge in [-0.2, -0.15) is 0 Å². The molecular weight excluding hydrogens is 212 g/mol. The Morgan fingerprint density at radius 1 is 1.75 bits per heavy atom. The normalized spacial score (nSPS) is 27.6. The summed E-state index contributed by atoms with van der Waals surface area (Å²) in [6, 6.07) is 0. The first-order chi connectivity index (χ1) is 5.65. The van der Waals surface area contributed by atoms with Crippen LogP contribution in [0.25, 0.3) is 0 Å². The summed E-state index contributed by atoms with van der Waals surface area (Å²) in [7, 11) is 0. The Bertz CT molecular complexity index is 246. The molecule has 1 aliphatic rings. The summed E-state index contributed by atoms with van der Waals surface area (Å²) >= 11 is 3.59. The number of rotatable bonds is 1. The third-order valence-corrected chi connectivity index (χ3v) is 3.22. The second-order valence-corrected chi connectivity index (χ2v) is 4.26. The van der Waals surface area contributed by atoms with Crippen molar-refractivity contribution in [3.8, 4) is 0 Å². The van der Waals surface area contributed by atoms with Crippen LogP contribution in [-0.4, -0.2) is 0 Å². The van der Waals surface area contributed by atoms with Crippen molar-refractivity contribution in [2.75, 3.05) is 0 Å². The zero-order valence-electron chi connectivity index (χ0n) is 7.73. The molecule has 12 heavy (non-hydrogen) atoms. The Kier molecular flexibility index (Phi) is 3.33. The predicted octanol–water partition coefficient (Wildman–Crippen LogP) is 4.20. The Morgan fingerprint density at radius 3 is 3.00 bits per heavy atom. The van der Waals surface area contributed by atoms with E-state index in [1.807, 2.05) is 0 Å². The van der Waals surface area contributed by atoms with Crippen LogP contribution >= 0.6 is 15.9 Å². The van der Waals surface area contributed by atoms with E-state index >= 15 is 0 Å². The van der Waals surface area contributed by atoms with Crippen molar-refractivity contribution >= 4 is 15.9 Å². The summed E-state index contributed by atoms with van der Waals surface area (Å²) in [6.45, 7) is 8.42. The van der Waals surface area contributed by atoms with Gasteiger partial charge in [-0.1, -0.05) is 48.5 Å². The van der Waals surface area contributed by atoms with E-state index in [4.69, 9.17) is 0 Å². The minimum Gasteiger partial charge on any atom is -0.0915 e. The minimum absolute atomic E-state index is 0.657. The summed E-state index contributed by atoms with van der Waals surface area (Å²) in [5.74, 6) is 0.657. The van der Waals surface area contributed by atoms with Crippen molar-refractivity contribution < 1.29 is 0 Å². The van der Waals surface area contributed by atoms with Gasteiger partial charge in [0.25, 0.3) is 0 Å². The standard InChI is InChI=1S/C11H15Br/c1-4-11(12)10-7-8(2)5-6-9(10)3/h5-6,8H,3-4,7H2,1-2H3/b11-10+. The van der Waals surface area contributed by atoms with Gasteiger partial charge in [0.05, 0.1) is 0 Å². The zero-order chi connectivity index (χ0) is 9.14. The molecule has 0 aromatic rings. The average Bonchev–Trinajstić information content (AvgIpc) is 2.08. The Morgan fingerprint density at radius 2 is 2.42 bits per heavy atom. The van der Waals surface area contributed by atoms with Gasteiger partial charge in [0.1, 0.15) is 0 Å². The van der Waals surface area contributed by atoms with Crippen molar-refractivity contribution in [3.63, 3.8) is 0 Å². The van der Waals surface area contributed by atoms with E-state index in [0.717, 1.165) is 12.8 Å². The van der Waals surface area contributed by atoms with Gasteiger partial charge < -0.3 is 0 Å². The van der Waals surface area contributed by atoms with Crippen LogP contribution in [0, 0.1) is 5.92 Å². The van der Waals surface area contributed by atoms with Crippen LogP contribution in [0.1, 0.15) is 26.7 Å². The number of hydrogen-bond acceptors (Lipinski definition) is 0. The maximum Gasteiger partial charge on any atom is -0.00141 e. The molecule has 0 bridgehead atoms. The number of hydrogen-bond donors (Lipinski definition) is 0. The molecule has 0 aliphatic heterocycles. The van der Waals surface area contributed by atoms with Crippen LogP contribution in [0.3, 0.4) is 0 Å². The molecule has 0 aromatic carbocycles.